The first-order valence-corrected chi connectivity index (χ1v) is 27.1. The maximum absolute atomic E-state index is 13.0. The van der Waals surface area contributed by atoms with E-state index in [2.05, 4.69) is 31.3 Å². The Hall–Kier alpha value is -1.33. The van der Waals surface area contributed by atoms with Gasteiger partial charge in [-0.2, -0.15) is 0 Å². The number of carbonyl (C=O) groups excluding carboxylic acids is 1. The van der Waals surface area contributed by atoms with E-state index in [1.165, 1.54) is 199 Å². The first-order valence-electron chi connectivity index (χ1n) is 27.1. The van der Waals surface area contributed by atoms with Crippen molar-refractivity contribution < 1.29 is 39.8 Å². The van der Waals surface area contributed by atoms with Gasteiger partial charge in [-0.05, 0) is 32.1 Å². The largest absolute Gasteiger partial charge is 0.394 e. The molecular weight excluding hydrogens is 791 g/mol. The normalized spacial score (nSPS) is 20.3. The lowest BCUT2D eigenvalue weighted by Gasteiger charge is -2.40. The quantitative estimate of drug-likeness (QED) is 0.0261. The van der Waals surface area contributed by atoms with E-state index in [0.29, 0.717) is 6.42 Å². The Morgan fingerprint density at radius 1 is 0.524 bits per heavy atom. The van der Waals surface area contributed by atoms with E-state index in [4.69, 9.17) is 9.47 Å². The Morgan fingerprint density at radius 2 is 0.905 bits per heavy atom. The third kappa shape index (κ3) is 34.6. The van der Waals surface area contributed by atoms with Crippen molar-refractivity contribution in [1.82, 2.24) is 5.32 Å². The van der Waals surface area contributed by atoms with Gasteiger partial charge in [0.2, 0.25) is 5.91 Å². The smallest absolute Gasteiger partial charge is 0.220 e. The van der Waals surface area contributed by atoms with E-state index in [0.717, 1.165) is 38.5 Å². The van der Waals surface area contributed by atoms with Crippen molar-refractivity contribution in [1.29, 1.82) is 0 Å². The fourth-order valence-corrected chi connectivity index (χ4v) is 8.70. The molecule has 6 N–H and O–H groups in total. The van der Waals surface area contributed by atoms with Crippen molar-refractivity contribution in [3.63, 3.8) is 0 Å². The van der Waals surface area contributed by atoms with E-state index >= 15 is 0 Å². The van der Waals surface area contributed by atoms with Crippen LogP contribution in [-0.2, 0) is 14.3 Å². The number of hydrogen-bond acceptors (Lipinski definition) is 8. The highest BCUT2D eigenvalue weighted by Crippen LogP contribution is 2.23. The van der Waals surface area contributed by atoms with Crippen molar-refractivity contribution >= 4 is 5.91 Å². The summed E-state index contributed by atoms with van der Waals surface area (Å²) in [7, 11) is 0. The van der Waals surface area contributed by atoms with Gasteiger partial charge in [-0.1, -0.05) is 244 Å². The molecule has 9 nitrogen and oxygen atoms in total. The minimum absolute atomic E-state index is 0.182. The summed E-state index contributed by atoms with van der Waals surface area (Å²) in [5, 5.41) is 54.4. The summed E-state index contributed by atoms with van der Waals surface area (Å²) in [6, 6.07) is -0.817. The lowest BCUT2D eigenvalue weighted by Crippen LogP contribution is -2.60. The Kier molecular flexibility index (Phi) is 42.2. The number of unbranched alkanes of at least 4 members (excludes halogenated alkanes) is 34. The van der Waals surface area contributed by atoms with Crippen LogP contribution in [-0.4, -0.2) is 87.5 Å². The second-order valence-corrected chi connectivity index (χ2v) is 19.0. The molecule has 0 aromatic rings. The zero-order valence-electron chi connectivity index (χ0n) is 41.1. The first kappa shape index (κ1) is 59.7. The molecule has 1 fully saturated rings. The lowest BCUT2D eigenvalue weighted by atomic mass is 9.99. The minimum Gasteiger partial charge on any atom is -0.394 e. The second kappa shape index (κ2) is 44.5. The number of carbonyl (C=O) groups is 1. The summed E-state index contributed by atoms with van der Waals surface area (Å²) < 4.78 is 11.2. The van der Waals surface area contributed by atoms with Gasteiger partial charge in [-0.25, -0.2) is 0 Å². The molecule has 1 saturated heterocycles. The van der Waals surface area contributed by atoms with Gasteiger partial charge >= 0.3 is 0 Å². The van der Waals surface area contributed by atoms with Gasteiger partial charge in [0.1, 0.15) is 24.4 Å². The summed E-state index contributed by atoms with van der Waals surface area (Å²) in [6.07, 6.45) is 48.1. The maximum Gasteiger partial charge on any atom is 0.220 e. The SMILES string of the molecule is CCCCCCCCCCCCC/C=C/CC/C=C/C(O)C(COC1OC(CO)C(O)C(O)C1O)NC(=O)CCCCCCCCCCCCCCCCCCCCCCCCC. The number of aliphatic hydroxyl groups excluding tert-OH is 5. The number of aliphatic hydroxyl groups is 5. The predicted molar refractivity (Wildman–Crippen MR) is 263 cm³/mol. The highest BCUT2D eigenvalue weighted by molar-refractivity contribution is 5.76. The van der Waals surface area contributed by atoms with Crippen LogP contribution in [0, 0.1) is 0 Å². The molecule has 7 unspecified atom stereocenters. The van der Waals surface area contributed by atoms with Crippen LogP contribution in [0.3, 0.4) is 0 Å². The molecule has 1 rings (SSSR count). The fourth-order valence-electron chi connectivity index (χ4n) is 8.70. The topological polar surface area (TPSA) is 149 Å². The molecule has 1 amide bonds. The third-order valence-corrected chi connectivity index (χ3v) is 13.0. The summed E-state index contributed by atoms with van der Waals surface area (Å²) >= 11 is 0. The van der Waals surface area contributed by atoms with Gasteiger partial charge in [0, 0.05) is 6.42 Å². The van der Waals surface area contributed by atoms with E-state index in [-0.39, 0.29) is 12.5 Å². The molecule has 1 heterocycles. The Bertz CT molecular complexity index is 1040. The molecule has 0 aliphatic carbocycles. The molecular formula is C54H103NO8. The molecule has 1 aliphatic rings. The second-order valence-electron chi connectivity index (χ2n) is 19.0. The fraction of sp³-hybridized carbons (Fsp3) is 0.907. The molecule has 1 aliphatic heterocycles. The van der Waals surface area contributed by atoms with E-state index in [9.17, 15) is 30.3 Å². The standard InChI is InChI=1S/C54H103NO8/c1-3-5-7-9-11-13-15-17-19-21-22-23-24-25-26-28-30-32-34-36-38-40-42-44-50(58)55-47(46-62-54-53(61)52(60)51(59)49(45-56)63-54)48(57)43-41-39-37-35-33-31-29-27-20-18-16-14-12-10-8-6-4-2/h33,35,41,43,47-49,51-54,56-57,59-61H,3-32,34,36-40,42,44-46H2,1-2H3,(H,55,58)/b35-33+,43-41+. The van der Waals surface area contributed by atoms with Crippen molar-refractivity contribution in [2.24, 2.45) is 0 Å². The summed E-state index contributed by atoms with van der Waals surface area (Å²) in [4.78, 5) is 13.0. The summed E-state index contributed by atoms with van der Waals surface area (Å²) in [5.41, 5.74) is 0. The number of rotatable bonds is 46. The summed E-state index contributed by atoms with van der Waals surface area (Å²) in [5.74, 6) is -0.182. The van der Waals surface area contributed by atoms with E-state index < -0.39 is 49.5 Å². The van der Waals surface area contributed by atoms with Crippen molar-refractivity contribution in [3.05, 3.63) is 24.3 Å². The molecule has 0 saturated carbocycles. The van der Waals surface area contributed by atoms with Crippen molar-refractivity contribution in [2.75, 3.05) is 13.2 Å². The van der Waals surface area contributed by atoms with Crippen molar-refractivity contribution in [2.45, 2.75) is 301 Å². The molecule has 372 valence electrons. The maximum atomic E-state index is 13.0. The van der Waals surface area contributed by atoms with Gasteiger partial charge in [0.15, 0.2) is 6.29 Å². The molecule has 0 radical (unpaired) electrons. The van der Waals surface area contributed by atoms with E-state index in [1.807, 2.05) is 6.08 Å². The monoisotopic (exact) mass is 894 g/mol. The van der Waals surface area contributed by atoms with Crippen molar-refractivity contribution in [3.8, 4) is 0 Å². The van der Waals surface area contributed by atoms with Gasteiger partial charge in [0.05, 0.1) is 25.4 Å². The van der Waals surface area contributed by atoms with E-state index in [1.54, 1.807) is 6.08 Å². The summed E-state index contributed by atoms with van der Waals surface area (Å²) in [6.45, 7) is 3.79. The molecule has 0 aromatic heterocycles. The Balaban J connectivity index is 2.26. The molecule has 0 aromatic carbocycles. The van der Waals surface area contributed by atoms with Gasteiger partial charge < -0.3 is 40.3 Å². The molecule has 0 spiro atoms. The zero-order valence-corrected chi connectivity index (χ0v) is 41.1. The molecule has 0 bridgehead atoms. The van der Waals surface area contributed by atoms with Crippen LogP contribution in [0.1, 0.15) is 258 Å². The average Bonchev–Trinajstić information content (AvgIpc) is 3.28. The van der Waals surface area contributed by atoms with Crippen LogP contribution >= 0.6 is 0 Å². The van der Waals surface area contributed by atoms with Crippen LogP contribution in [0.4, 0.5) is 0 Å². The third-order valence-electron chi connectivity index (χ3n) is 13.0. The van der Waals surface area contributed by atoms with Crippen LogP contribution in [0.2, 0.25) is 0 Å². The lowest BCUT2D eigenvalue weighted by molar-refractivity contribution is -0.302. The predicted octanol–water partition coefficient (Wildman–Crippen LogP) is 12.6. The zero-order chi connectivity index (χ0) is 45.9. The Morgan fingerprint density at radius 3 is 1.33 bits per heavy atom. The van der Waals surface area contributed by atoms with Crippen LogP contribution in [0.15, 0.2) is 24.3 Å². The Labute approximate surface area is 388 Å². The molecule has 7 atom stereocenters. The van der Waals surface area contributed by atoms with Crippen LogP contribution in [0.5, 0.6) is 0 Å². The minimum atomic E-state index is -1.57. The number of hydrogen-bond donors (Lipinski definition) is 6. The number of allylic oxidation sites excluding steroid dienone is 3. The van der Waals surface area contributed by atoms with Gasteiger partial charge in [0.25, 0.3) is 0 Å². The molecule has 63 heavy (non-hydrogen) atoms. The average molecular weight is 894 g/mol. The highest BCUT2D eigenvalue weighted by atomic mass is 16.7. The number of amides is 1. The van der Waals surface area contributed by atoms with Crippen LogP contribution < -0.4 is 5.32 Å². The van der Waals surface area contributed by atoms with Gasteiger partial charge in [-0.3, -0.25) is 4.79 Å². The highest BCUT2D eigenvalue weighted by Gasteiger charge is 2.44. The first-order chi connectivity index (χ1) is 30.8. The van der Waals surface area contributed by atoms with Gasteiger partial charge in [-0.15, -0.1) is 0 Å². The molecule has 9 heteroatoms. The number of ether oxygens (including phenoxy) is 2. The number of nitrogens with one attached hydrogen (secondary N) is 1. The van der Waals surface area contributed by atoms with Crippen LogP contribution in [0.25, 0.3) is 0 Å².